The van der Waals surface area contributed by atoms with Crippen molar-refractivity contribution in [2.24, 2.45) is 0 Å². The first kappa shape index (κ1) is 14.1. The highest BCUT2D eigenvalue weighted by molar-refractivity contribution is 5.37. The molecule has 1 N–H and O–H groups in total. The average molecular weight is 259 g/mol. The second-order valence-electron chi connectivity index (χ2n) is 4.85. The third kappa shape index (κ3) is 4.68. The van der Waals surface area contributed by atoms with E-state index in [0.29, 0.717) is 0 Å². The van der Waals surface area contributed by atoms with Crippen molar-refractivity contribution < 1.29 is 9.84 Å². The summed E-state index contributed by atoms with van der Waals surface area (Å²) >= 11 is 0. The van der Waals surface area contributed by atoms with Gasteiger partial charge in [0.2, 0.25) is 0 Å². The topological polar surface area (TPSA) is 32.7 Å². The van der Waals surface area contributed by atoms with Crippen LogP contribution in [0, 0.1) is 11.8 Å². The largest absolute Gasteiger partial charge is 0.384 e. The fourth-order valence-electron chi connectivity index (χ4n) is 2.16. The van der Waals surface area contributed by atoms with E-state index in [-0.39, 0.29) is 6.61 Å². The van der Waals surface area contributed by atoms with Crippen LogP contribution in [0.15, 0.2) is 24.3 Å². The van der Waals surface area contributed by atoms with Crippen LogP contribution < -0.4 is 0 Å². The van der Waals surface area contributed by atoms with Gasteiger partial charge in [-0.2, -0.15) is 0 Å². The molecule has 0 bridgehead atoms. The third-order valence-electron chi connectivity index (χ3n) is 3.27. The Bertz CT molecular complexity index is 457. The highest BCUT2D eigenvalue weighted by Crippen LogP contribution is 2.28. The van der Waals surface area contributed by atoms with Crippen LogP contribution in [-0.2, 0) is 11.3 Å². The van der Waals surface area contributed by atoms with Gasteiger partial charge in [-0.25, -0.2) is 0 Å². The molecule has 0 radical (unpaired) electrons. The molecule has 19 heavy (non-hydrogen) atoms. The molecule has 2 rings (SSSR count). The van der Waals surface area contributed by atoms with Crippen molar-refractivity contribution in [3.8, 4) is 11.8 Å². The normalized spacial score (nSPS) is 14.3. The summed E-state index contributed by atoms with van der Waals surface area (Å²) in [4.78, 5) is 2.47. The lowest BCUT2D eigenvalue weighted by Crippen LogP contribution is -2.29. The van der Waals surface area contributed by atoms with Crippen molar-refractivity contribution in [3.63, 3.8) is 0 Å². The quantitative estimate of drug-likeness (QED) is 0.788. The molecule has 102 valence electrons. The van der Waals surface area contributed by atoms with Crippen molar-refractivity contribution in [2.75, 3.05) is 26.9 Å². The van der Waals surface area contributed by atoms with Crippen molar-refractivity contribution in [3.05, 3.63) is 35.4 Å². The predicted octanol–water partition coefficient (Wildman–Crippen LogP) is 1.64. The molecule has 3 nitrogen and oxygen atoms in total. The number of ether oxygens (including phenoxy) is 1. The van der Waals surface area contributed by atoms with Crippen molar-refractivity contribution in [1.29, 1.82) is 0 Å². The molecule has 0 saturated heterocycles. The Morgan fingerprint density at radius 3 is 2.95 bits per heavy atom. The predicted molar refractivity (Wildman–Crippen MR) is 75.7 cm³/mol. The third-order valence-corrected chi connectivity index (χ3v) is 3.27. The Labute approximate surface area is 115 Å². The molecule has 0 amide bonds. The molecule has 0 spiro atoms. The van der Waals surface area contributed by atoms with E-state index in [9.17, 15) is 0 Å². The van der Waals surface area contributed by atoms with Gasteiger partial charge in [0.05, 0.1) is 6.61 Å². The van der Waals surface area contributed by atoms with Gasteiger partial charge in [-0.05, 0) is 30.5 Å². The van der Waals surface area contributed by atoms with Gasteiger partial charge in [-0.15, -0.1) is 0 Å². The van der Waals surface area contributed by atoms with E-state index in [0.717, 1.165) is 31.3 Å². The Morgan fingerprint density at radius 1 is 1.42 bits per heavy atom. The molecule has 1 fully saturated rings. The number of methoxy groups -OCH3 is 1. The summed E-state index contributed by atoms with van der Waals surface area (Å²) in [5.41, 5.74) is 2.24. The van der Waals surface area contributed by atoms with Gasteiger partial charge in [-0.3, -0.25) is 4.90 Å². The Morgan fingerprint density at radius 2 is 2.26 bits per heavy atom. The molecular weight excluding hydrogens is 238 g/mol. The van der Waals surface area contributed by atoms with Crippen LogP contribution >= 0.6 is 0 Å². The Hall–Kier alpha value is -1.34. The highest BCUT2D eigenvalue weighted by Gasteiger charge is 2.28. The minimum Gasteiger partial charge on any atom is -0.384 e. The number of rotatable bonds is 6. The number of benzene rings is 1. The van der Waals surface area contributed by atoms with E-state index < -0.39 is 0 Å². The molecule has 1 aromatic rings. The number of hydrogen-bond donors (Lipinski definition) is 1. The molecule has 0 heterocycles. The van der Waals surface area contributed by atoms with Crippen LogP contribution in [0.25, 0.3) is 0 Å². The first-order chi connectivity index (χ1) is 9.33. The zero-order valence-electron chi connectivity index (χ0n) is 11.4. The molecule has 0 unspecified atom stereocenters. The lowest BCUT2D eigenvalue weighted by Gasteiger charge is -2.21. The minimum absolute atomic E-state index is 0.0910. The van der Waals surface area contributed by atoms with Gasteiger partial charge in [-0.1, -0.05) is 24.0 Å². The van der Waals surface area contributed by atoms with E-state index in [4.69, 9.17) is 9.84 Å². The standard InChI is InChI=1S/C16H21NO2/c1-19-11-9-17(16-7-8-16)13-15-5-2-4-14(12-15)6-3-10-18/h2,4-5,12,16,18H,7-11,13H2,1H3. The van der Waals surface area contributed by atoms with E-state index in [2.05, 4.69) is 28.9 Å². The fourth-order valence-corrected chi connectivity index (χ4v) is 2.16. The summed E-state index contributed by atoms with van der Waals surface area (Å²) in [6, 6.07) is 8.96. The lowest BCUT2D eigenvalue weighted by atomic mass is 10.1. The Kier molecular flexibility index (Phi) is 5.41. The fraction of sp³-hybridized carbons (Fsp3) is 0.500. The Balaban J connectivity index is 1.99. The van der Waals surface area contributed by atoms with Gasteiger partial charge >= 0.3 is 0 Å². The number of aliphatic hydroxyl groups is 1. The maximum absolute atomic E-state index is 8.72. The minimum atomic E-state index is -0.0910. The van der Waals surface area contributed by atoms with Gasteiger partial charge in [0.25, 0.3) is 0 Å². The van der Waals surface area contributed by atoms with Crippen LogP contribution in [0.2, 0.25) is 0 Å². The molecule has 0 aliphatic heterocycles. The summed E-state index contributed by atoms with van der Waals surface area (Å²) in [6.45, 7) is 2.61. The van der Waals surface area contributed by atoms with E-state index in [1.807, 2.05) is 12.1 Å². The van der Waals surface area contributed by atoms with Crippen molar-refractivity contribution >= 4 is 0 Å². The van der Waals surface area contributed by atoms with Gasteiger partial charge in [0.15, 0.2) is 0 Å². The van der Waals surface area contributed by atoms with Gasteiger partial charge in [0.1, 0.15) is 6.61 Å². The zero-order chi connectivity index (χ0) is 13.5. The maximum atomic E-state index is 8.72. The summed E-state index contributed by atoms with van der Waals surface area (Å²) in [5, 5.41) is 8.72. The average Bonchev–Trinajstić information content (AvgIpc) is 3.26. The first-order valence-corrected chi connectivity index (χ1v) is 6.75. The number of aliphatic hydroxyl groups excluding tert-OH is 1. The lowest BCUT2D eigenvalue weighted by molar-refractivity contribution is 0.139. The summed E-state index contributed by atoms with van der Waals surface area (Å²) in [5.74, 6) is 5.64. The second-order valence-corrected chi connectivity index (χ2v) is 4.85. The first-order valence-electron chi connectivity index (χ1n) is 6.75. The van der Waals surface area contributed by atoms with E-state index in [1.54, 1.807) is 7.11 Å². The SMILES string of the molecule is COCCN(Cc1cccc(C#CCO)c1)C1CC1. The summed E-state index contributed by atoms with van der Waals surface area (Å²) in [7, 11) is 1.75. The van der Waals surface area contributed by atoms with Crippen LogP contribution in [0.5, 0.6) is 0 Å². The van der Waals surface area contributed by atoms with Crippen LogP contribution in [0.1, 0.15) is 24.0 Å². The monoisotopic (exact) mass is 259 g/mol. The molecule has 1 saturated carbocycles. The molecule has 0 aromatic heterocycles. The van der Waals surface area contributed by atoms with Crippen molar-refractivity contribution in [2.45, 2.75) is 25.4 Å². The van der Waals surface area contributed by atoms with Gasteiger partial charge < -0.3 is 9.84 Å². The smallest absolute Gasteiger partial charge is 0.104 e. The zero-order valence-corrected chi connectivity index (χ0v) is 11.4. The van der Waals surface area contributed by atoms with E-state index >= 15 is 0 Å². The highest BCUT2D eigenvalue weighted by atomic mass is 16.5. The molecule has 1 aliphatic carbocycles. The summed E-state index contributed by atoms with van der Waals surface area (Å²) < 4.78 is 5.17. The van der Waals surface area contributed by atoms with Crippen molar-refractivity contribution in [1.82, 2.24) is 4.90 Å². The summed E-state index contributed by atoms with van der Waals surface area (Å²) in [6.07, 6.45) is 2.60. The molecule has 1 aliphatic rings. The van der Waals surface area contributed by atoms with Crippen LogP contribution in [-0.4, -0.2) is 42.9 Å². The number of nitrogens with zero attached hydrogens (tertiary/aromatic N) is 1. The van der Waals surface area contributed by atoms with Gasteiger partial charge in [0, 0.05) is 31.8 Å². The van der Waals surface area contributed by atoms with Crippen LogP contribution in [0.3, 0.4) is 0 Å². The number of hydrogen-bond acceptors (Lipinski definition) is 3. The van der Waals surface area contributed by atoms with E-state index in [1.165, 1.54) is 18.4 Å². The van der Waals surface area contributed by atoms with Crippen LogP contribution in [0.4, 0.5) is 0 Å². The molecule has 0 atom stereocenters. The molecule has 1 aromatic carbocycles. The second kappa shape index (κ2) is 7.30. The molecule has 3 heteroatoms. The maximum Gasteiger partial charge on any atom is 0.104 e. The molecular formula is C16H21NO2.